The van der Waals surface area contributed by atoms with E-state index in [2.05, 4.69) is 9.97 Å². The molecule has 2 heterocycles. The number of aromatic amines is 1. The van der Waals surface area contributed by atoms with Crippen molar-refractivity contribution in [3.05, 3.63) is 32.4 Å². The van der Waals surface area contributed by atoms with E-state index in [0.29, 0.717) is 12.2 Å². The molecule has 4 nitrogen and oxygen atoms in total. The molecule has 0 radical (unpaired) electrons. The zero-order valence-electron chi connectivity index (χ0n) is 11.2. The Kier molecular flexibility index (Phi) is 4.27. The second-order valence-electron chi connectivity index (χ2n) is 4.62. The second-order valence-corrected chi connectivity index (χ2v) is 5.00. The minimum Gasteiger partial charge on any atom is -0.303 e. The molecular formula is C13H15F2N3OS. The number of hydrogen-bond acceptors (Lipinski definition) is 3. The molecule has 0 aliphatic carbocycles. The maximum absolute atomic E-state index is 13.1. The van der Waals surface area contributed by atoms with Crippen LogP contribution in [0.3, 0.4) is 0 Å². The van der Waals surface area contributed by atoms with Gasteiger partial charge in [0.05, 0.1) is 5.39 Å². The lowest BCUT2D eigenvalue weighted by molar-refractivity contribution is 0.153. The minimum atomic E-state index is -2.73. The molecule has 0 unspecified atom stereocenters. The van der Waals surface area contributed by atoms with Crippen molar-refractivity contribution in [1.29, 1.82) is 0 Å². The van der Waals surface area contributed by atoms with Gasteiger partial charge in [0.25, 0.3) is 12.0 Å². The van der Waals surface area contributed by atoms with E-state index in [1.807, 2.05) is 6.92 Å². The molecule has 0 bridgehead atoms. The summed E-state index contributed by atoms with van der Waals surface area (Å²) < 4.78 is 28.1. The number of fused-ring (bicyclic) bond motifs is 1. The molecule has 108 valence electrons. The normalized spacial score (nSPS) is 11.4. The van der Waals surface area contributed by atoms with E-state index >= 15 is 0 Å². The number of hydrogen-bond donors (Lipinski definition) is 1. The van der Waals surface area contributed by atoms with E-state index in [4.69, 9.17) is 12.2 Å². The van der Waals surface area contributed by atoms with Gasteiger partial charge in [-0.3, -0.25) is 9.78 Å². The fourth-order valence-corrected chi connectivity index (χ4v) is 2.40. The standard InChI is InChI=1S/C13H15F2N3OS/c1-3-4-5-18-11-9(12(19)17-13(18)20)8(10(14)15)6-7(2)16-11/h6,10H,3-5H2,1-2H3,(H,17,19,20). The summed E-state index contributed by atoms with van der Waals surface area (Å²) in [5.41, 5.74) is -0.227. The summed E-state index contributed by atoms with van der Waals surface area (Å²) in [5, 5.41) is -0.0738. The largest absolute Gasteiger partial charge is 0.303 e. The quantitative estimate of drug-likeness (QED) is 0.879. The van der Waals surface area contributed by atoms with Gasteiger partial charge in [-0.05, 0) is 31.6 Å². The molecule has 0 aliphatic rings. The fraction of sp³-hybridized carbons (Fsp3) is 0.462. The van der Waals surface area contributed by atoms with Crippen LogP contribution >= 0.6 is 12.2 Å². The Hall–Kier alpha value is -1.63. The molecule has 2 rings (SSSR count). The Morgan fingerprint density at radius 2 is 2.20 bits per heavy atom. The number of nitrogens with one attached hydrogen (secondary N) is 1. The van der Waals surface area contributed by atoms with Crippen LogP contribution in [0.5, 0.6) is 0 Å². The molecular weight excluding hydrogens is 284 g/mol. The summed E-state index contributed by atoms with van der Waals surface area (Å²) in [5.74, 6) is 0. The van der Waals surface area contributed by atoms with Gasteiger partial charge in [0.15, 0.2) is 4.77 Å². The predicted octanol–water partition coefficient (Wildman–Crippen LogP) is 3.50. The smallest absolute Gasteiger partial charge is 0.264 e. The van der Waals surface area contributed by atoms with Crippen LogP contribution in [-0.2, 0) is 6.54 Å². The van der Waals surface area contributed by atoms with E-state index in [9.17, 15) is 13.6 Å². The number of H-pyrrole nitrogens is 1. The summed E-state index contributed by atoms with van der Waals surface area (Å²) in [6.45, 7) is 4.18. The van der Waals surface area contributed by atoms with Crippen molar-refractivity contribution in [2.75, 3.05) is 0 Å². The van der Waals surface area contributed by atoms with Crippen LogP contribution in [0.2, 0.25) is 0 Å². The highest BCUT2D eigenvalue weighted by Gasteiger charge is 2.18. The van der Waals surface area contributed by atoms with Gasteiger partial charge in [-0.15, -0.1) is 0 Å². The number of pyridine rings is 1. The maximum atomic E-state index is 13.1. The monoisotopic (exact) mass is 299 g/mol. The molecule has 0 atom stereocenters. The van der Waals surface area contributed by atoms with Crippen molar-refractivity contribution in [1.82, 2.24) is 14.5 Å². The number of nitrogens with zero attached hydrogens (tertiary/aromatic N) is 2. The van der Waals surface area contributed by atoms with E-state index in [0.717, 1.165) is 12.8 Å². The number of aryl methyl sites for hydroxylation is 2. The van der Waals surface area contributed by atoms with Gasteiger partial charge in [-0.25, -0.2) is 13.8 Å². The topological polar surface area (TPSA) is 50.7 Å². The van der Waals surface area contributed by atoms with Gasteiger partial charge in [0, 0.05) is 17.8 Å². The highest BCUT2D eigenvalue weighted by molar-refractivity contribution is 7.71. The van der Waals surface area contributed by atoms with Crippen molar-refractivity contribution in [3.8, 4) is 0 Å². The molecule has 0 saturated carbocycles. The molecule has 0 amide bonds. The van der Waals surface area contributed by atoms with E-state index < -0.39 is 12.0 Å². The Bertz CT molecular complexity index is 752. The zero-order valence-corrected chi connectivity index (χ0v) is 12.1. The van der Waals surface area contributed by atoms with Crippen molar-refractivity contribution < 1.29 is 8.78 Å². The van der Waals surface area contributed by atoms with Crippen LogP contribution in [-0.4, -0.2) is 14.5 Å². The molecule has 2 aromatic heterocycles. The van der Waals surface area contributed by atoms with Gasteiger partial charge < -0.3 is 4.57 Å². The van der Waals surface area contributed by atoms with E-state index in [-0.39, 0.29) is 21.4 Å². The molecule has 0 fully saturated rings. The highest BCUT2D eigenvalue weighted by Crippen LogP contribution is 2.25. The average molecular weight is 299 g/mol. The SMILES string of the molecule is CCCCn1c(=S)[nH]c(=O)c2c(C(F)F)cc(C)nc21. The van der Waals surface area contributed by atoms with Gasteiger partial charge in [-0.1, -0.05) is 13.3 Å². The summed E-state index contributed by atoms with van der Waals surface area (Å²) >= 11 is 5.11. The third kappa shape index (κ3) is 2.63. The third-order valence-electron chi connectivity index (χ3n) is 3.08. The van der Waals surface area contributed by atoms with Crippen LogP contribution in [0.4, 0.5) is 8.78 Å². The number of alkyl halides is 2. The Balaban J connectivity index is 2.88. The Morgan fingerprint density at radius 1 is 1.50 bits per heavy atom. The fourth-order valence-electron chi connectivity index (χ4n) is 2.13. The number of rotatable bonds is 4. The van der Waals surface area contributed by atoms with Crippen LogP contribution in [0.25, 0.3) is 11.0 Å². The first kappa shape index (κ1) is 14.8. The number of halogens is 2. The van der Waals surface area contributed by atoms with E-state index in [1.165, 1.54) is 6.07 Å². The molecule has 20 heavy (non-hydrogen) atoms. The number of unbranched alkanes of at least 4 members (excludes halogenated alkanes) is 1. The van der Waals surface area contributed by atoms with E-state index in [1.54, 1.807) is 11.5 Å². The first-order valence-electron chi connectivity index (χ1n) is 6.38. The van der Waals surface area contributed by atoms with Gasteiger partial charge in [0.2, 0.25) is 0 Å². The van der Waals surface area contributed by atoms with Crippen LogP contribution in [0, 0.1) is 11.7 Å². The molecule has 0 aliphatic heterocycles. The van der Waals surface area contributed by atoms with Gasteiger partial charge >= 0.3 is 0 Å². The molecule has 1 N–H and O–H groups in total. The third-order valence-corrected chi connectivity index (χ3v) is 3.40. The average Bonchev–Trinajstić information content (AvgIpc) is 2.37. The van der Waals surface area contributed by atoms with Crippen LogP contribution in [0.1, 0.15) is 37.4 Å². The van der Waals surface area contributed by atoms with Crippen molar-refractivity contribution in [3.63, 3.8) is 0 Å². The lowest BCUT2D eigenvalue weighted by Crippen LogP contribution is -2.18. The van der Waals surface area contributed by atoms with Gasteiger partial charge in [-0.2, -0.15) is 0 Å². The van der Waals surface area contributed by atoms with Crippen LogP contribution in [0.15, 0.2) is 10.9 Å². The number of aromatic nitrogens is 3. The zero-order chi connectivity index (χ0) is 14.9. The predicted molar refractivity (Wildman–Crippen MR) is 75.8 cm³/mol. The Morgan fingerprint density at radius 3 is 2.80 bits per heavy atom. The minimum absolute atomic E-state index is 0.0738. The highest BCUT2D eigenvalue weighted by atomic mass is 32.1. The van der Waals surface area contributed by atoms with Crippen molar-refractivity contribution >= 4 is 23.3 Å². The van der Waals surface area contributed by atoms with Crippen LogP contribution < -0.4 is 5.56 Å². The molecule has 0 aromatic carbocycles. The Labute approximate surface area is 119 Å². The molecule has 0 spiro atoms. The van der Waals surface area contributed by atoms with Crippen molar-refractivity contribution in [2.24, 2.45) is 0 Å². The lowest BCUT2D eigenvalue weighted by Gasteiger charge is -2.12. The van der Waals surface area contributed by atoms with Crippen molar-refractivity contribution in [2.45, 2.75) is 39.7 Å². The summed E-state index contributed by atoms with van der Waals surface area (Å²) in [4.78, 5) is 18.6. The van der Waals surface area contributed by atoms with Gasteiger partial charge in [0.1, 0.15) is 5.65 Å². The molecule has 0 saturated heterocycles. The summed E-state index contributed by atoms with van der Waals surface area (Å²) in [6, 6.07) is 1.25. The first-order valence-corrected chi connectivity index (χ1v) is 6.79. The molecule has 7 heteroatoms. The maximum Gasteiger partial charge on any atom is 0.264 e. The summed E-state index contributed by atoms with van der Waals surface area (Å²) in [6.07, 6.45) is -0.971. The first-order chi connectivity index (χ1) is 9.45. The molecule has 2 aromatic rings. The lowest BCUT2D eigenvalue weighted by atomic mass is 10.1. The second kappa shape index (κ2) is 5.78. The summed E-state index contributed by atoms with van der Waals surface area (Å²) in [7, 11) is 0.